The number of hydrogen-bond acceptors (Lipinski definition) is 8. The number of nitrogens with one attached hydrogen (secondary N) is 1. The highest BCUT2D eigenvalue weighted by Crippen LogP contribution is 2.36. The topological polar surface area (TPSA) is 131 Å². The van der Waals surface area contributed by atoms with Gasteiger partial charge in [-0.25, -0.2) is 23.8 Å². The van der Waals surface area contributed by atoms with Crippen LogP contribution in [-0.4, -0.2) is 56.2 Å². The van der Waals surface area contributed by atoms with Gasteiger partial charge in [-0.05, 0) is 60.9 Å². The van der Waals surface area contributed by atoms with Crippen LogP contribution < -0.4 is 20.7 Å². The highest BCUT2D eigenvalue weighted by Gasteiger charge is 2.30. The number of likely N-dealkylation sites (tertiary alicyclic amines) is 1. The Morgan fingerprint density at radius 2 is 1.67 bits per heavy atom. The number of nitrogens with two attached hydrogens (primary N) is 1. The van der Waals surface area contributed by atoms with Crippen LogP contribution in [0.2, 0.25) is 0 Å². The second-order valence-electron chi connectivity index (χ2n) is 11.2. The van der Waals surface area contributed by atoms with Crippen molar-refractivity contribution >= 4 is 34.5 Å². The van der Waals surface area contributed by atoms with E-state index in [9.17, 15) is 9.59 Å². The maximum absolute atomic E-state index is 15.0. The van der Waals surface area contributed by atoms with Gasteiger partial charge in [-0.3, -0.25) is 19.9 Å². The van der Waals surface area contributed by atoms with E-state index in [-0.39, 0.29) is 30.6 Å². The number of carbonyl (C=O) groups excluding carboxylic acids is 2. The molecule has 3 aromatic carbocycles. The van der Waals surface area contributed by atoms with Crippen LogP contribution >= 0.6 is 0 Å². The number of rotatable bonds is 7. The molecule has 2 fully saturated rings. The van der Waals surface area contributed by atoms with E-state index in [0.29, 0.717) is 40.4 Å². The Morgan fingerprint density at radius 1 is 0.911 bits per heavy atom. The van der Waals surface area contributed by atoms with Crippen molar-refractivity contribution in [3.8, 4) is 22.8 Å². The third-order valence-electron chi connectivity index (χ3n) is 8.32. The molecule has 12 heteroatoms. The van der Waals surface area contributed by atoms with Crippen molar-refractivity contribution in [3.05, 3.63) is 90.5 Å². The number of nitrogen functional groups attached to an aromatic ring is 1. The third kappa shape index (κ3) is 5.67. The summed E-state index contributed by atoms with van der Waals surface area (Å²) in [4.78, 5) is 36.5. The predicted molar refractivity (Wildman–Crippen MR) is 167 cm³/mol. The van der Waals surface area contributed by atoms with Crippen LogP contribution in [-0.2, 0) is 11.3 Å². The quantitative estimate of drug-likeness (QED) is 0.256. The molecule has 45 heavy (non-hydrogen) atoms. The molecule has 3 N–H and O–H groups in total. The van der Waals surface area contributed by atoms with Crippen LogP contribution in [0.25, 0.3) is 22.3 Å². The summed E-state index contributed by atoms with van der Waals surface area (Å²) < 4.78 is 22.9. The average Bonchev–Trinajstić information content (AvgIpc) is 3.44. The van der Waals surface area contributed by atoms with Crippen molar-refractivity contribution in [2.24, 2.45) is 0 Å². The molecule has 7 rings (SSSR count). The van der Waals surface area contributed by atoms with Gasteiger partial charge in [0.1, 0.15) is 35.2 Å². The Morgan fingerprint density at radius 3 is 2.42 bits per heavy atom. The summed E-state index contributed by atoms with van der Waals surface area (Å²) in [6, 6.07) is 21.6. The van der Waals surface area contributed by atoms with Gasteiger partial charge in [-0.15, -0.1) is 0 Å². The Bertz CT molecular complexity index is 1870. The first kappa shape index (κ1) is 28.4. The molecule has 2 saturated heterocycles. The molecule has 2 aliphatic heterocycles. The monoisotopic (exact) mass is 606 g/mol. The largest absolute Gasteiger partial charge is 0.457 e. The molecule has 0 radical (unpaired) electrons. The number of para-hydroxylation sites is 2. The summed E-state index contributed by atoms with van der Waals surface area (Å²) in [5, 5.41) is 8.01. The number of aromatic nitrogens is 4. The average molecular weight is 607 g/mol. The molecular formula is C33H31FN8O3. The first-order valence-corrected chi connectivity index (χ1v) is 14.9. The number of imide groups is 1. The lowest BCUT2D eigenvalue weighted by atomic mass is 10.0. The van der Waals surface area contributed by atoms with Gasteiger partial charge in [-0.1, -0.05) is 30.3 Å². The van der Waals surface area contributed by atoms with Crippen LogP contribution in [0.4, 0.5) is 20.7 Å². The van der Waals surface area contributed by atoms with Crippen molar-refractivity contribution in [2.75, 3.05) is 30.3 Å². The van der Waals surface area contributed by atoms with Crippen LogP contribution in [0.1, 0.15) is 30.9 Å². The molecule has 0 unspecified atom stereocenters. The number of carbonyl (C=O) groups is 2. The van der Waals surface area contributed by atoms with Crippen LogP contribution in [0.15, 0.2) is 79.1 Å². The minimum atomic E-state index is -0.600. The zero-order valence-electron chi connectivity index (χ0n) is 24.4. The number of anilines is 2. The van der Waals surface area contributed by atoms with Gasteiger partial charge in [0.15, 0.2) is 5.65 Å². The molecule has 3 amide bonds. The highest BCUT2D eigenvalue weighted by molar-refractivity contribution is 6.06. The van der Waals surface area contributed by atoms with Gasteiger partial charge < -0.3 is 10.5 Å². The van der Waals surface area contributed by atoms with Crippen molar-refractivity contribution < 1.29 is 18.7 Å². The molecule has 0 spiro atoms. The Hall–Kier alpha value is -5.36. The summed E-state index contributed by atoms with van der Waals surface area (Å²) in [6.45, 7) is 2.07. The molecular weight excluding hydrogens is 575 g/mol. The molecule has 5 aromatic rings. The van der Waals surface area contributed by atoms with Crippen molar-refractivity contribution in [1.29, 1.82) is 0 Å². The van der Waals surface area contributed by atoms with Crippen LogP contribution in [0.5, 0.6) is 11.5 Å². The fourth-order valence-electron chi connectivity index (χ4n) is 6.09. The maximum atomic E-state index is 15.0. The number of urea groups is 1. The second kappa shape index (κ2) is 12.0. The van der Waals surface area contributed by atoms with E-state index in [4.69, 9.17) is 15.6 Å². The lowest BCUT2D eigenvalue weighted by Gasteiger charge is -2.34. The van der Waals surface area contributed by atoms with Gasteiger partial charge in [0.2, 0.25) is 5.91 Å². The summed E-state index contributed by atoms with van der Waals surface area (Å²) in [5.74, 6) is 0.989. The molecule has 2 aliphatic rings. The summed E-state index contributed by atoms with van der Waals surface area (Å²) >= 11 is 0. The van der Waals surface area contributed by atoms with Crippen LogP contribution in [0, 0.1) is 5.82 Å². The zero-order valence-corrected chi connectivity index (χ0v) is 24.4. The van der Waals surface area contributed by atoms with Crippen molar-refractivity contribution in [2.45, 2.75) is 31.8 Å². The Balaban J connectivity index is 1.09. The van der Waals surface area contributed by atoms with E-state index in [0.717, 1.165) is 37.2 Å². The third-order valence-corrected chi connectivity index (χ3v) is 8.32. The van der Waals surface area contributed by atoms with Gasteiger partial charge in [-0.2, -0.15) is 5.10 Å². The van der Waals surface area contributed by atoms with Gasteiger partial charge in [0.05, 0.1) is 17.1 Å². The summed E-state index contributed by atoms with van der Waals surface area (Å²) in [5.41, 5.74) is 9.55. The van der Waals surface area contributed by atoms with E-state index in [2.05, 4.69) is 20.2 Å². The predicted octanol–water partition coefficient (Wildman–Crippen LogP) is 5.29. The standard InChI is InChI=1S/C33H31FN8O3/c34-26-8-4-5-22(30(26)41-18-15-27(43)38-33(41)44)19-40-16-13-23(14-17-40)42-32-28(31(35)36-20-37-32)29(39-42)21-9-11-25(12-10-21)45-24-6-2-1-3-7-24/h1-12,20,23H,13-19H2,(H2,35,36,37)(H,38,43,44). The van der Waals surface area contributed by atoms with Gasteiger partial charge in [0, 0.05) is 38.2 Å². The fraction of sp³-hybridized carbons (Fsp3) is 0.242. The minimum absolute atomic E-state index is 0.0679. The second-order valence-corrected chi connectivity index (χ2v) is 11.2. The molecule has 11 nitrogen and oxygen atoms in total. The molecule has 0 aliphatic carbocycles. The molecule has 0 bridgehead atoms. The number of nitrogens with zero attached hydrogens (tertiary/aromatic N) is 6. The smallest absolute Gasteiger partial charge is 0.328 e. The van der Waals surface area contributed by atoms with Crippen molar-refractivity contribution in [3.63, 3.8) is 0 Å². The van der Waals surface area contributed by atoms with Gasteiger partial charge in [0.25, 0.3) is 0 Å². The number of benzene rings is 3. The molecule has 0 atom stereocenters. The van der Waals surface area contributed by atoms with E-state index in [1.807, 2.05) is 65.3 Å². The Kier molecular flexibility index (Phi) is 7.55. The van der Waals surface area contributed by atoms with Gasteiger partial charge >= 0.3 is 6.03 Å². The van der Waals surface area contributed by atoms with Crippen LogP contribution in [0.3, 0.4) is 0 Å². The van der Waals surface area contributed by atoms with Crippen molar-refractivity contribution in [1.82, 2.24) is 30.0 Å². The first-order chi connectivity index (χ1) is 21.9. The van der Waals surface area contributed by atoms with E-state index in [1.165, 1.54) is 17.3 Å². The number of ether oxygens (including phenoxy) is 1. The SMILES string of the molecule is Nc1ncnc2c1c(-c1ccc(Oc3ccccc3)cc1)nn2C1CCN(Cc2cccc(F)c2N2CCC(=O)NC2=O)CC1. The summed E-state index contributed by atoms with van der Waals surface area (Å²) in [6.07, 6.45) is 3.16. The number of fused-ring (bicyclic) bond motifs is 1. The lowest BCUT2D eigenvalue weighted by molar-refractivity contribution is -0.120. The van der Waals surface area contributed by atoms with E-state index < -0.39 is 11.8 Å². The lowest BCUT2D eigenvalue weighted by Crippen LogP contribution is -2.50. The first-order valence-electron chi connectivity index (χ1n) is 14.9. The molecule has 2 aromatic heterocycles. The van der Waals surface area contributed by atoms with E-state index >= 15 is 4.39 Å². The number of halogens is 1. The summed E-state index contributed by atoms with van der Waals surface area (Å²) in [7, 11) is 0. The fourth-order valence-corrected chi connectivity index (χ4v) is 6.09. The molecule has 4 heterocycles. The number of amides is 3. The molecule has 0 saturated carbocycles. The highest BCUT2D eigenvalue weighted by atomic mass is 19.1. The minimum Gasteiger partial charge on any atom is -0.457 e. The maximum Gasteiger partial charge on any atom is 0.328 e. The normalized spacial score (nSPS) is 16.2. The van der Waals surface area contributed by atoms with E-state index in [1.54, 1.807) is 6.07 Å². The number of piperidine rings is 1. The Labute approximate surface area is 258 Å². The zero-order chi connectivity index (χ0) is 30.9. The molecule has 228 valence electrons. The number of hydrogen-bond donors (Lipinski definition) is 2.